The summed E-state index contributed by atoms with van der Waals surface area (Å²) in [5.41, 5.74) is 0.791. The summed E-state index contributed by atoms with van der Waals surface area (Å²) in [5, 5.41) is 16.8. The Bertz CT molecular complexity index is 600. The summed E-state index contributed by atoms with van der Waals surface area (Å²) >= 11 is 12.2. The van der Waals surface area contributed by atoms with Gasteiger partial charge in [-0.1, -0.05) is 23.2 Å². The lowest BCUT2D eigenvalue weighted by Crippen LogP contribution is -2.31. The second-order valence-electron chi connectivity index (χ2n) is 5.12. The molecule has 0 aliphatic rings. The Morgan fingerprint density at radius 1 is 1.14 bits per heavy atom. The van der Waals surface area contributed by atoms with Crippen LogP contribution in [-0.2, 0) is 6.54 Å². The molecule has 2 rings (SSSR count). The van der Waals surface area contributed by atoms with Crippen LogP contribution in [0.2, 0.25) is 10.0 Å². The zero-order valence-electron chi connectivity index (χ0n) is 12.4. The largest absolute Gasteiger partial charge is 0.460 e. The number of hydrogen-bond donors (Lipinski definition) is 3. The lowest BCUT2D eigenvalue weighted by atomic mass is 10.2. The Balaban J connectivity index is 1.83. The van der Waals surface area contributed by atoms with Gasteiger partial charge >= 0.3 is 0 Å². The molecule has 3 N–H and O–H groups in total. The van der Waals surface area contributed by atoms with E-state index in [0.717, 1.165) is 24.4 Å². The van der Waals surface area contributed by atoms with Crippen LogP contribution in [0.25, 0.3) is 11.3 Å². The van der Waals surface area contributed by atoms with Crippen LogP contribution >= 0.6 is 23.2 Å². The fraction of sp³-hybridized carbons (Fsp3) is 0.375. The SMILES string of the molecule is C[C@H](O)CNCCNCc1ccc(-c2cc(Cl)ccc2Cl)o1. The molecule has 2 aromatic rings. The van der Waals surface area contributed by atoms with Crippen molar-refractivity contribution < 1.29 is 9.52 Å². The molecule has 0 radical (unpaired) electrons. The minimum atomic E-state index is -0.324. The average Bonchev–Trinajstić information content (AvgIpc) is 2.93. The van der Waals surface area contributed by atoms with Crippen LogP contribution in [0.15, 0.2) is 34.7 Å². The Labute approximate surface area is 140 Å². The van der Waals surface area contributed by atoms with E-state index in [1.54, 1.807) is 25.1 Å². The van der Waals surface area contributed by atoms with Gasteiger partial charge in [-0.3, -0.25) is 0 Å². The van der Waals surface area contributed by atoms with Crippen molar-refractivity contribution in [3.05, 3.63) is 46.1 Å². The van der Waals surface area contributed by atoms with Crippen LogP contribution in [0.5, 0.6) is 0 Å². The Kier molecular flexibility index (Phi) is 6.73. The van der Waals surface area contributed by atoms with Gasteiger partial charge in [0.2, 0.25) is 0 Å². The number of furan rings is 1. The third-order valence-electron chi connectivity index (χ3n) is 3.07. The summed E-state index contributed by atoms with van der Waals surface area (Å²) in [5.74, 6) is 1.54. The van der Waals surface area contributed by atoms with E-state index in [4.69, 9.17) is 32.7 Å². The maximum Gasteiger partial charge on any atom is 0.135 e. The van der Waals surface area contributed by atoms with Crippen molar-refractivity contribution in [1.82, 2.24) is 10.6 Å². The second-order valence-corrected chi connectivity index (χ2v) is 5.96. The zero-order valence-corrected chi connectivity index (χ0v) is 13.9. The highest BCUT2D eigenvalue weighted by Crippen LogP contribution is 2.31. The molecule has 0 amide bonds. The molecular formula is C16H20Cl2N2O2. The van der Waals surface area contributed by atoms with Gasteiger partial charge in [0.25, 0.3) is 0 Å². The molecule has 0 bridgehead atoms. The summed E-state index contributed by atoms with van der Waals surface area (Å²) < 4.78 is 5.78. The van der Waals surface area contributed by atoms with Gasteiger partial charge in [-0.05, 0) is 37.3 Å². The summed E-state index contributed by atoms with van der Waals surface area (Å²) in [4.78, 5) is 0. The van der Waals surface area contributed by atoms with Crippen LogP contribution in [0.3, 0.4) is 0 Å². The van der Waals surface area contributed by atoms with Gasteiger partial charge in [0.1, 0.15) is 11.5 Å². The van der Waals surface area contributed by atoms with E-state index >= 15 is 0 Å². The van der Waals surface area contributed by atoms with Gasteiger partial charge in [-0.25, -0.2) is 0 Å². The highest BCUT2D eigenvalue weighted by molar-refractivity contribution is 6.35. The first-order chi connectivity index (χ1) is 10.6. The average molecular weight is 343 g/mol. The molecule has 4 nitrogen and oxygen atoms in total. The molecule has 22 heavy (non-hydrogen) atoms. The Morgan fingerprint density at radius 2 is 1.91 bits per heavy atom. The van der Waals surface area contributed by atoms with E-state index in [9.17, 15) is 0 Å². The van der Waals surface area contributed by atoms with E-state index < -0.39 is 0 Å². The quantitative estimate of drug-likeness (QED) is 0.644. The van der Waals surface area contributed by atoms with Crippen molar-refractivity contribution in [1.29, 1.82) is 0 Å². The third kappa shape index (κ3) is 5.30. The molecule has 0 aliphatic carbocycles. The number of aliphatic hydroxyl groups is 1. The molecular weight excluding hydrogens is 323 g/mol. The topological polar surface area (TPSA) is 57.4 Å². The minimum absolute atomic E-state index is 0.324. The third-order valence-corrected chi connectivity index (χ3v) is 3.64. The Hall–Kier alpha value is -1.04. The van der Waals surface area contributed by atoms with Gasteiger partial charge in [0.15, 0.2) is 0 Å². The fourth-order valence-corrected chi connectivity index (χ4v) is 2.39. The highest BCUT2D eigenvalue weighted by Gasteiger charge is 2.09. The monoisotopic (exact) mass is 342 g/mol. The van der Waals surface area contributed by atoms with Gasteiger partial charge in [0, 0.05) is 30.2 Å². The van der Waals surface area contributed by atoms with Crippen LogP contribution in [0, 0.1) is 0 Å². The first-order valence-corrected chi connectivity index (χ1v) is 7.95. The predicted octanol–water partition coefficient (Wildman–Crippen LogP) is 3.31. The molecule has 120 valence electrons. The van der Waals surface area contributed by atoms with Gasteiger partial charge in [-0.2, -0.15) is 0 Å². The standard InChI is InChI=1S/C16H20Cl2N2O2/c1-11(21)9-19-6-7-20-10-13-3-5-16(22-13)14-8-12(17)2-4-15(14)18/h2-5,8,11,19-21H,6-7,9-10H2,1H3/t11-/m0/s1. The Morgan fingerprint density at radius 3 is 2.68 bits per heavy atom. The number of nitrogens with one attached hydrogen (secondary N) is 2. The number of benzene rings is 1. The van der Waals surface area contributed by atoms with Crippen LogP contribution in [0.4, 0.5) is 0 Å². The van der Waals surface area contributed by atoms with Crippen LogP contribution in [-0.4, -0.2) is 30.8 Å². The lowest BCUT2D eigenvalue weighted by molar-refractivity contribution is 0.191. The van der Waals surface area contributed by atoms with Crippen molar-refractivity contribution in [3.8, 4) is 11.3 Å². The highest BCUT2D eigenvalue weighted by atomic mass is 35.5. The number of rotatable bonds is 8. The molecule has 1 heterocycles. The van der Waals surface area contributed by atoms with E-state index in [2.05, 4.69) is 10.6 Å². The molecule has 0 saturated heterocycles. The molecule has 0 saturated carbocycles. The normalized spacial score (nSPS) is 12.5. The molecule has 0 aliphatic heterocycles. The molecule has 0 fully saturated rings. The molecule has 1 atom stereocenters. The summed E-state index contributed by atoms with van der Waals surface area (Å²) in [7, 11) is 0. The second kappa shape index (κ2) is 8.56. The maximum atomic E-state index is 9.12. The van der Waals surface area contributed by atoms with Crippen LogP contribution in [0.1, 0.15) is 12.7 Å². The molecule has 1 aromatic heterocycles. The van der Waals surface area contributed by atoms with Gasteiger partial charge in [-0.15, -0.1) is 0 Å². The molecule has 0 unspecified atom stereocenters. The van der Waals surface area contributed by atoms with E-state index in [1.165, 1.54) is 0 Å². The van der Waals surface area contributed by atoms with E-state index in [0.29, 0.717) is 28.9 Å². The van der Waals surface area contributed by atoms with Gasteiger partial charge in [0.05, 0.1) is 17.7 Å². The van der Waals surface area contributed by atoms with Crippen LogP contribution < -0.4 is 10.6 Å². The fourth-order valence-electron chi connectivity index (χ4n) is 2.00. The van der Waals surface area contributed by atoms with E-state index in [1.807, 2.05) is 12.1 Å². The van der Waals surface area contributed by atoms with Crippen molar-refractivity contribution in [2.45, 2.75) is 19.6 Å². The summed E-state index contributed by atoms with van der Waals surface area (Å²) in [6, 6.07) is 9.11. The summed E-state index contributed by atoms with van der Waals surface area (Å²) in [6.45, 7) is 4.57. The number of halogens is 2. The first kappa shape index (κ1) is 17.3. The first-order valence-electron chi connectivity index (χ1n) is 7.20. The van der Waals surface area contributed by atoms with Crippen molar-refractivity contribution in [2.75, 3.05) is 19.6 Å². The van der Waals surface area contributed by atoms with Crippen molar-refractivity contribution in [3.63, 3.8) is 0 Å². The van der Waals surface area contributed by atoms with Crippen molar-refractivity contribution >= 4 is 23.2 Å². The molecule has 0 spiro atoms. The van der Waals surface area contributed by atoms with E-state index in [-0.39, 0.29) is 6.10 Å². The van der Waals surface area contributed by atoms with Gasteiger partial charge < -0.3 is 20.2 Å². The number of hydrogen-bond acceptors (Lipinski definition) is 4. The predicted molar refractivity (Wildman–Crippen MR) is 90.4 cm³/mol. The maximum absolute atomic E-state index is 9.12. The zero-order chi connectivity index (χ0) is 15.9. The lowest BCUT2D eigenvalue weighted by Gasteiger charge is -2.07. The number of aliphatic hydroxyl groups excluding tert-OH is 1. The summed E-state index contributed by atoms with van der Waals surface area (Å²) in [6.07, 6.45) is -0.324. The molecule has 1 aromatic carbocycles. The molecule has 6 heteroatoms. The smallest absolute Gasteiger partial charge is 0.135 e. The van der Waals surface area contributed by atoms with Crippen molar-refractivity contribution in [2.24, 2.45) is 0 Å². The minimum Gasteiger partial charge on any atom is -0.460 e.